The zero-order chi connectivity index (χ0) is 14.6. The standard InChI is InChI=1S/C17H25NO2/c1-17(2,13-9-11-14(18)12-10-13)16(19)20-15-7-5-3-4-6-8-15/h9-12,15H,3-8,18H2,1-2H3. The lowest BCUT2D eigenvalue weighted by molar-refractivity contribution is -0.155. The number of anilines is 1. The lowest BCUT2D eigenvalue weighted by Gasteiger charge is -2.26. The Morgan fingerprint density at radius 1 is 1.10 bits per heavy atom. The van der Waals surface area contributed by atoms with Crippen LogP contribution in [0.15, 0.2) is 24.3 Å². The van der Waals surface area contributed by atoms with Gasteiger partial charge in [-0.3, -0.25) is 4.79 Å². The quantitative estimate of drug-likeness (QED) is 0.518. The third-order valence-electron chi connectivity index (χ3n) is 4.22. The van der Waals surface area contributed by atoms with E-state index in [-0.39, 0.29) is 12.1 Å². The summed E-state index contributed by atoms with van der Waals surface area (Å²) in [6.07, 6.45) is 6.95. The molecule has 0 atom stereocenters. The Morgan fingerprint density at radius 2 is 1.65 bits per heavy atom. The molecule has 1 aromatic rings. The van der Waals surface area contributed by atoms with Gasteiger partial charge < -0.3 is 10.5 Å². The van der Waals surface area contributed by atoms with E-state index in [0.29, 0.717) is 5.69 Å². The Morgan fingerprint density at radius 3 is 2.20 bits per heavy atom. The van der Waals surface area contributed by atoms with Gasteiger partial charge in [0.15, 0.2) is 0 Å². The van der Waals surface area contributed by atoms with Gasteiger partial charge in [0.2, 0.25) is 0 Å². The van der Waals surface area contributed by atoms with Crippen molar-refractivity contribution < 1.29 is 9.53 Å². The Kier molecular flexibility index (Phi) is 4.69. The summed E-state index contributed by atoms with van der Waals surface area (Å²) >= 11 is 0. The summed E-state index contributed by atoms with van der Waals surface area (Å²) in [4.78, 5) is 12.5. The van der Waals surface area contributed by atoms with Gasteiger partial charge in [0.05, 0.1) is 5.41 Å². The van der Waals surface area contributed by atoms with E-state index in [0.717, 1.165) is 18.4 Å². The van der Waals surface area contributed by atoms with Crippen LogP contribution in [0.4, 0.5) is 5.69 Å². The summed E-state index contributed by atoms with van der Waals surface area (Å²) in [5.41, 5.74) is 6.73. The molecule has 20 heavy (non-hydrogen) atoms. The Hall–Kier alpha value is -1.51. The second-order valence-corrected chi connectivity index (χ2v) is 6.27. The van der Waals surface area contributed by atoms with Crippen molar-refractivity contribution >= 4 is 11.7 Å². The summed E-state index contributed by atoms with van der Waals surface area (Å²) in [5.74, 6) is -0.130. The normalized spacial score (nSPS) is 17.5. The Bertz CT molecular complexity index is 443. The molecule has 0 saturated heterocycles. The van der Waals surface area contributed by atoms with E-state index < -0.39 is 5.41 Å². The van der Waals surface area contributed by atoms with E-state index in [9.17, 15) is 4.79 Å². The molecule has 0 heterocycles. The first-order valence-corrected chi connectivity index (χ1v) is 7.57. The Balaban J connectivity index is 2.04. The van der Waals surface area contributed by atoms with E-state index in [1.165, 1.54) is 25.7 Å². The molecule has 1 saturated carbocycles. The first-order chi connectivity index (χ1) is 9.50. The van der Waals surface area contributed by atoms with Crippen molar-refractivity contribution in [2.75, 3.05) is 5.73 Å². The molecule has 1 aliphatic carbocycles. The fourth-order valence-electron chi connectivity index (χ4n) is 2.68. The molecule has 0 unspecified atom stereocenters. The number of rotatable bonds is 3. The van der Waals surface area contributed by atoms with Crippen molar-refractivity contribution in [2.24, 2.45) is 0 Å². The topological polar surface area (TPSA) is 52.3 Å². The summed E-state index contributed by atoms with van der Waals surface area (Å²) in [7, 11) is 0. The number of hydrogen-bond acceptors (Lipinski definition) is 3. The van der Waals surface area contributed by atoms with Crippen LogP contribution in [0.3, 0.4) is 0 Å². The number of ether oxygens (including phenoxy) is 1. The first kappa shape index (κ1) is 14.9. The van der Waals surface area contributed by atoms with Gasteiger partial charge in [-0.1, -0.05) is 25.0 Å². The highest BCUT2D eigenvalue weighted by Gasteiger charge is 2.33. The monoisotopic (exact) mass is 275 g/mol. The third-order valence-corrected chi connectivity index (χ3v) is 4.22. The second kappa shape index (κ2) is 6.29. The molecule has 2 rings (SSSR count). The van der Waals surface area contributed by atoms with Gasteiger partial charge in [0, 0.05) is 5.69 Å². The fraction of sp³-hybridized carbons (Fsp3) is 0.588. The molecule has 0 aliphatic heterocycles. The van der Waals surface area contributed by atoms with Crippen LogP contribution in [0, 0.1) is 0 Å². The smallest absolute Gasteiger partial charge is 0.316 e. The molecule has 1 aromatic carbocycles. The molecule has 110 valence electrons. The first-order valence-electron chi connectivity index (χ1n) is 7.57. The molecule has 1 aliphatic rings. The van der Waals surface area contributed by atoms with E-state index >= 15 is 0 Å². The summed E-state index contributed by atoms with van der Waals surface area (Å²) in [5, 5.41) is 0. The van der Waals surface area contributed by atoms with Crippen LogP contribution in [0.25, 0.3) is 0 Å². The average Bonchev–Trinajstić information content (AvgIpc) is 2.68. The summed E-state index contributed by atoms with van der Waals surface area (Å²) < 4.78 is 5.75. The highest BCUT2D eigenvalue weighted by molar-refractivity contribution is 5.82. The van der Waals surface area contributed by atoms with Crippen molar-refractivity contribution in [3.8, 4) is 0 Å². The number of nitrogens with two attached hydrogens (primary N) is 1. The van der Waals surface area contributed by atoms with Crippen LogP contribution in [-0.2, 0) is 14.9 Å². The summed E-state index contributed by atoms with van der Waals surface area (Å²) in [6, 6.07) is 7.47. The van der Waals surface area contributed by atoms with Crippen LogP contribution in [0.1, 0.15) is 57.9 Å². The minimum absolute atomic E-state index is 0.0954. The maximum absolute atomic E-state index is 12.5. The maximum Gasteiger partial charge on any atom is 0.316 e. The zero-order valence-electron chi connectivity index (χ0n) is 12.5. The van der Waals surface area contributed by atoms with Crippen LogP contribution >= 0.6 is 0 Å². The van der Waals surface area contributed by atoms with Gasteiger partial charge in [0.25, 0.3) is 0 Å². The van der Waals surface area contributed by atoms with E-state index in [2.05, 4.69) is 0 Å². The van der Waals surface area contributed by atoms with Gasteiger partial charge in [-0.15, -0.1) is 0 Å². The summed E-state index contributed by atoms with van der Waals surface area (Å²) in [6.45, 7) is 3.83. The number of nitrogen functional groups attached to an aromatic ring is 1. The van der Waals surface area contributed by atoms with E-state index in [1.54, 1.807) is 0 Å². The van der Waals surface area contributed by atoms with Crippen molar-refractivity contribution in [3.63, 3.8) is 0 Å². The van der Waals surface area contributed by atoms with Crippen LogP contribution < -0.4 is 5.73 Å². The molecule has 0 amide bonds. The molecule has 3 nitrogen and oxygen atoms in total. The van der Waals surface area contributed by atoms with E-state index in [4.69, 9.17) is 10.5 Å². The molecule has 0 aromatic heterocycles. The molecule has 0 spiro atoms. The van der Waals surface area contributed by atoms with Crippen molar-refractivity contribution in [1.29, 1.82) is 0 Å². The minimum atomic E-state index is -0.625. The Labute approximate surface area is 121 Å². The van der Waals surface area contributed by atoms with Gasteiger partial charge in [-0.2, -0.15) is 0 Å². The van der Waals surface area contributed by atoms with Crippen LogP contribution in [-0.4, -0.2) is 12.1 Å². The molecular formula is C17H25NO2. The highest BCUT2D eigenvalue weighted by Crippen LogP contribution is 2.28. The lowest BCUT2D eigenvalue weighted by atomic mass is 9.84. The molecule has 2 N–H and O–H groups in total. The van der Waals surface area contributed by atoms with Gasteiger partial charge in [-0.25, -0.2) is 0 Å². The predicted molar refractivity (Wildman–Crippen MR) is 81.5 cm³/mol. The van der Waals surface area contributed by atoms with Gasteiger partial charge in [0.1, 0.15) is 6.10 Å². The maximum atomic E-state index is 12.5. The fourth-order valence-corrected chi connectivity index (χ4v) is 2.68. The molecule has 3 heteroatoms. The van der Waals surface area contributed by atoms with Crippen molar-refractivity contribution in [2.45, 2.75) is 63.9 Å². The number of carbonyl (C=O) groups is 1. The third kappa shape index (κ3) is 3.53. The highest BCUT2D eigenvalue weighted by atomic mass is 16.5. The van der Waals surface area contributed by atoms with Gasteiger partial charge in [-0.05, 0) is 57.2 Å². The minimum Gasteiger partial charge on any atom is -0.462 e. The second-order valence-electron chi connectivity index (χ2n) is 6.27. The average molecular weight is 275 g/mol. The number of carbonyl (C=O) groups excluding carboxylic acids is 1. The predicted octanol–water partition coefficient (Wildman–Crippen LogP) is 3.81. The van der Waals surface area contributed by atoms with E-state index in [1.807, 2.05) is 38.1 Å². The number of esters is 1. The van der Waals surface area contributed by atoms with Crippen LogP contribution in [0.5, 0.6) is 0 Å². The number of benzene rings is 1. The number of hydrogen-bond donors (Lipinski definition) is 1. The largest absolute Gasteiger partial charge is 0.462 e. The van der Waals surface area contributed by atoms with Crippen molar-refractivity contribution in [1.82, 2.24) is 0 Å². The lowest BCUT2D eigenvalue weighted by Crippen LogP contribution is -2.34. The molecular weight excluding hydrogens is 250 g/mol. The molecule has 0 radical (unpaired) electrons. The van der Waals surface area contributed by atoms with Gasteiger partial charge >= 0.3 is 5.97 Å². The van der Waals surface area contributed by atoms with Crippen molar-refractivity contribution in [3.05, 3.63) is 29.8 Å². The molecule has 0 bridgehead atoms. The zero-order valence-corrected chi connectivity index (χ0v) is 12.5. The SMILES string of the molecule is CC(C)(C(=O)OC1CCCCCC1)c1ccc(N)cc1. The van der Waals surface area contributed by atoms with Crippen LogP contribution in [0.2, 0.25) is 0 Å². The molecule has 1 fully saturated rings.